The average molecular weight is 247 g/mol. The predicted octanol–water partition coefficient (Wildman–Crippen LogP) is 0.536. The number of nitrogens with one attached hydrogen (secondary N) is 1. The maximum atomic E-state index is 11.2. The number of hydrogen-bond acceptors (Lipinski definition) is 4. The van der Waals surface area contributed by atoms with Gasteiger partial charge in [-0.05, 0) is 0 Å². The Morgan fingerprint density at radius 3 is 3.07 bits per heavy atom. The third-order valence-electron chi connectivity index (χ3n) is 1.83. The highest BCUT2D eigenvalue weighted by Crippen LogP contribution is 2.16. The molecule has 0 atom stereocenters. The molecule has 1 aromatic heterocycles. The van der Waals surface area contributed by atoms with Crippen LogP contribution in [0, 0.1) is 0 Å². The summed E-state index contributed by atoms with van der Waals surface area (Å²) in [4.78, 5) is 19.7. The lowest BCUT2D eigenvalue weighted by molar-refractivity contribution is 0.888. The highest BCUT2D eigenvalue weighted by atomic mass is 35.5. The van der Waals surface area contributed by atoms with Crippen molar-refractivity contribution in [3.05, 3.63) is 21.7 Å². The van der Waals surface area contributed by atoms with Crippen LogP contribution >= 0.6 is 23.8 Å². The Kier molecular flexibility index (Phi) is 4.05. The van der Waals surface area contributed by atoms with Crippen LogP contribution < -0.4 is 16.2 Å². The summed E-state index contributed by atoms with van der Waals surface area (Å²) in [7, 11) is 1.77. The Bertz CT molecular complexity index is 419. The maximum Gasteiger partial charge on any atom is 0.271 e. The summed E-state index contributed by atoms with van der Waals surface area (Å²) >= 11 is 10.5. The van der Waals surface area contributed by atoms with Gasteiger partial charge in [0.25, 0.3) is 5.56 Å². The van der Waals surface area contributed by atoms with Crippen molar-refractivity contribution in [2.45, 2.75) is 6.42 Å². The van der Waals surface area contributed by atoms with Crippen molar-refractivity contribution in [3.8, 4) is 0 Å². The second kappa shape index (κ2) is 5.09. The minimum absolute atomic E-state index is 0.0722. The number of hydrogen-bond donors (Lipinski definition) is 2. The number of halogens is 1. The molecule has 15 heavy (non-hydrogen) atoms. The predicted molar refractivity (Wildman–Crippen MR) is 64.5 cm³/mol. The van der Waals surface area contributed by atoms with Crippen molar-refractivity contribution < 1.29 is 0 Å². The van der Waals surface area contributed by atoms with E-state index in [0.29, 0.717) is 23.8 Å². The molecule has 7 heteroatoms. The largest absolute Gasteiger partial charge is 0.393 e. The fraction of sp³-hybridized carbons (Fsp3) is 0.375. The molecule has 0 aliphatic heterocycles. The van der Waals surface area contributed by atoms with Crippen LogP contribution in [0.4, 0.5) is 5.82 Å². The van der Waals surface area contributed by atoms with Crippen molar-refractivity contribution in [2.75, 3.05) is 18.5 Å². The van der Waals surface area contributed by atoms with Gasteiger partial charge in [0.05, 0.1) is 11.3 Å². The molecule has 0 aliphatic carbocycles. The Balaban J connectivity index is 2.82. The molecule has 0 spiro atoms. The van der Waals surface area contributed by atoms with E-state index in [1.54, 1.807) is 11.9 Å². The average Bonchev–Trinajstić information content (AvgIpc) is 2.18. The molecule has 0 radical (unpaired) electrons. The summed E-state index contributed by atoms with van der Waals surface area (Å²) in [5.41, 5.74) is 5.01. The van der Waals surface area contributed by atoms with Gasteiger partial charge < -0.3 is 15.6 Å². The summed E-state index contributed by atoms with van der Waals surface area (Å²) in [6.45, 7) is 0.575. The zero-order chi connectivity index (χ0) is 11.4. The Hall–Kier alpha value is -1.14. The van der Waals surface area contributed by atoms with E-state index in [1.807, 2.05) is 0 Å². The molecule has 0 unspecified atom stereocenters. The number of nitrogens with zero attached hydrogens (tertiary/aromatic N) is 2. The van der Waals surface area contributed by atoms with Gasteiger partial charge >= 0.3 is 0 Å². The minimum Gasteiger partial charge on any atom is -0.393 e. The van der Waals surface area contributed by atoms with E-state index in [0.717, 1.165) is 0 Å². The molecular formula is C8H11ClN4OS. The fourth-order valence-corrected chi connectivity index (χ4v) is 1.36. The topological polar surface area (TPSA) is 75.0 Å². The van der Waals surface area contributed by atoms with Gasteiger partial charge in [0.2, 0.25) is 0 Å². The van der Waals surface area contributed by atoms with E-state index in [1.165, 1.54) is 6.33 Å². The molecule has 1 rings (SSSR count). The molecule has 1 aromatic rings. The highest BCUT2D eigenvalue weighted by molar-refractivity contribution is 7.80. The van der Waals surface area contributed by atoms with Crippen molar-refractivity contribution >= 4 is 34.6 Å². The molecule has 0 saturated heterocycles. The minimum atomic E-state index is -0.358. The number of aromatic amines is 1. The molecule has 0 saturated carbocycles. The van der Waals surface area contributed by atoms with Gasteiger partial charge in [-0.2, -0.15) is 0 Å². The monoisotopic (exact) mass is 246 g/mol. The van der Waals surface area contributed by atoms with Crippen molar-refractivity contribution in [1.82, 2.24) is 9.97 Å². The zero-order valence-corrected chi connectivity index (χ0v) is 9.73. The lowest BCUT2D eigenvalue weighted by atomic mass is 10.4. The normalized spacial score (nSPS) is 10.0. The number of anilines is 1. The second-order valence-electron chi connectivity index (χ2n) is 3.01. The van der Waals surface area contributed by atoms with Crippen LogP contribution in [0.1, 0.15) is 6.42 Å². The fourth-order valence-electron chi connectivity index (χ4n) is 1.02. The molecular weight excluding hydrogens is 236 g/mol. The van der Waals surface area contributed by atoms with Gasteiger partial charge in [-0.25, -0.2) is 4.98 Å². The molecule has 0 bridgehead atoms. The van der Waals surface area contributed by atoms with Crippen molar-refractivity contribution in [1.29, 1.82) is 0 Å². The Labute approximate surface area is 97.3 Å². The standard InChI is InChI=1S/C8H11ClN4OS/c1-13(3-2-5(10)15)7-6(9)8(14)12-4-11-7/h4H,2-3H2,1H3,(H2,10,15)(H,11,12,14). The molecule has 5 nitrogen and oxygen atoms in total. The molecule has 0 aliphatic rings. The van der Waals surface area contributed by atoms with Gasteiger partial charge in [-0.1, -0.05) is 23.8 Å². The van der Waals surface area contributed by atoms with E-state index in [9.17, 15) is 4.79 Å². The summed E-state index contributed by atoms with van der Waals surface area (Å²) in [5.74, 6) is 0.427. The summed E-state index contributed by atoms with van der Waals surface area (Å²) in [6.07, 6.45) is 1.86. The van der Waals surface area contributed by atoms with E-state index in [-0.39, 0.29) is 10.6 Å². The van der Waals surface area contributed by atoms with Crippen LogP contribution in [-0.4, -0.2) is 28.5 Å². The highest BCUT2D eigenvalue weighted by Gasteiger charge is 2.10. The first-order chi connectivity index (χ1) is 7.02. The second-order valence-corrected chi connectivity index (χ2v) is 3.91. The summed E-state index contributed by atoms with van der Waals surface area (Å²) < 4.78 is 0. The third kappa shape index (κ3) is 3.17. The maximum absolute atomic E-state index is 11.2. The van der Waals surface area contributed by atoms with Gasteiger partial charge in [-0.3, -0.25) is 4.79 Å². The zero-order valence-electron chi connectivity index (χ0n) is 8.16. The lowest BCUT2D eigenvalue weighted by Gasteiger charge is -2.17. The summed E-state index contributed by atoms with van der Waals surface area (Å²) in [5, 5.41) is 0.0722. The molecule has 0 amide bonds. The van der Waals surface area contributed by atoms with E-state index >= 15 is 0 Å². The first-order valence-electron chi connectivity index (χ1n) is 4.25. The van der Waals surface area contributed by atoms with Gasteiger partial charge in [0.15, 0.2) is 5.82 Å². The van der Waals surface area contributed by atoms with Gasteiger partial charge in [0.1, 0.15) is 5.02 Å². The first kappa shape index (κ1) is 11.9. The molecule has 0 aromatic carbocycles. The molecule has 82 valence electrons. The SMILES string of the molecule is CN(CCC(N)=S)c1nc[nH]c(=O)c1Cl. The lowest BCUT2D eigenvalue weighted by Crippen LogP contribution is -2.26. The Morgan fingerprint density at radius 1 is 1.80 bits per heavy atom. The van der Waals surface area contributed by atoms with Crippen LogP contribution in [0.5, 0.6) is 0 Å². The Morgan fingerprint density at radius 2 is 2.47 bits per heavy atom. The van der Waals surface area contributed by atoms with Crippen LogP contribution in [0.3, 0.4) is 0 Å². The van der Waals surface area contributed by atoms with E-state index in [4.69, 9.17) is 29.6 Å². The molecule has 0 fully saturated rings. The number of aromatic nitrogens is 2. The van der Waals surface area contributed by atoms with Gasteiger partial charge in [-0.15, -0.1) is 0 Å². The van der Waals surface area contributed by atoms with Crippen molar-refractivity contribution in [3.63, 3.8) is 0 Å². The van der Waals surface area contributed by atoms with Crippen LogP contribution in [0.15, 0.2) is 11.1 Å². The summed E-state index contributed by atoms with van der Waals surface area (Å²) in [6, 6.07) is 0. The van der Waals surface area contributed by atoms with Crippen LogP contribution in [0.25, 0.3) is 0 Å². The molecule has 3 N–H and O–H groups in total. The first-order valence-corrected chi connectivity index (χ1v) is 5.03. The van der Waals surface area contributed by atoms with E-state index in [2.05, 4.69) is 9.97 Å². The van der Waals surface area contributed by atoms with Gasteiger partial charge in [0, 0.05) is 20.0 Å². The molecule has 1 heterocycles. The van der Waals surface area contributed by atoms with Crippen molar-refractivity contribution in [2.24, 2.45) is 5.73 Å². The van der Waals surface area contributed by atoms with Crippen LogP contribution in [0.2, 0.25) is 5.02 Å². The smallest absolute Gasteiger partial charge is 0.271 e. The van der Waals surface area contributed by atoms with Crippen LogP contribution in [-0.2, 0) is 0 Å². The van der Waals surface area contributed by atoms with E-state index < -0.39 is 0 Å². The third-order valence-corrected chi connectivity index (χ3v) is 2.38. The quantitative estimate of drug-likeness (QED) is 0.759. The number of thiocarbonyl (C=S) groups is 1. The number of H-pyrrole nitrogens is 1. The number of rotatable bonds is 4. The number of nitrogens with two attached hydrogens (primary N) is 1.